The fourth-order valence-electron chi connectivity index (χ4n) is 2.61. The molecule has 0 radical (unpaired) electrons. The van der Waals surface area contributed by atoms with Gasteiger partial charge in [-0.15, -0.1) is 0 Å². The molecule has 1 unspecified atom stereocenters. The van der Waals surface area contributed by atoms with Gasteiger partial charge in [0.05, 0.1) is 6.04 Å². The van der Waals surface area contributed by atoms with Crippen molar-refractivity contribution in [3.8, 4) is 0 Å². The highest BCUT2D eigenvalue weighted by molar-refractivity contribution is 5.98. The first kappa shape index (κ1) is 17.0. The van der Waals surface area contributed by atoms with Gasteiger partial charge in [-0.05, 0) is 29.5 Å². The fourth-order valence-corrected chi connectivity index (χ4v) is 2.61. The van der Waals surface area contributed by atoms with Crippen molar-refractivity contribution in [2.24, 2.45) is 10.7 Å². The van der Waals surface area contributed by atoms with Gasteiger partial charge in [0.25, 0.3) is 0 Å². The number of nitrogens with zero attached hydrogens (tertiary/aromatic N) is 1. The Morgan fingerprint density at radius 3 is 2.09 bits per heavy atom. The molecule has 2 aromatic rings. The summed E-state index contributed by atoms with van der Waals surface area (Å²) >= 11 is 0. The van der Waals surface area contributed by atoms with Gasteiger partial charge in [0.1, 0.15) is 5.84 Å². The van der Waals surface area contributed by atoms with Crippen LogP contribution in [0.1, 0.15) is 49.8 Å². The lowest BCUT2D eigenvalue weighted by Crippen LogP contribution is -2.17. The SMILES string of the molecule is C=C(c1ccccc1)c1ccc(C(N)=NC(CC)CCC)cc1. The van der Waals surface area contributed by atoms with Gasteiger partial charge in [-0.1, -0.05) is 81.4 Å². The van der Waals surface area contributed by atoms with E-state index in [0.29, 0.717) is 11.9 Å². The van der Waals surface area contributed by atoms with E-state index in [9.17, 15) is 0 Å². The molecule has 0 aliphatic rings. The Kier molecular flexibility index (Phi) is 6.16. The van der Waals surface area contributed by atoms with Crippen LogP contribution in [0.15, 0.2) is 66.2 Å². The van der Waals surface area contributed by atoms with Crippen LogP contribution in [0.5, 0.6) is 0 Å². The van der Waals surface area contributed by atoms with Gasteiger partial charge in [-0.25, -0.2) is 0 Å². The summed E-state index contributed by atoms with van der Waals surface area (Å²) in [4.78, 5) is 4.66. The van der Waals surface area contributed by atoms with Crippen LogP contribution in [-0.2, 0) is 0 Å². The summed E-state index contributed by atoms with van der Waals surface area (Å²) in [7, 11) is 0. The quantitative estimate of drug-likeness (QED) is 0.565. The van der Waals surface area contributed by atoms with E-state index < -0.39 is 0 Å². The van der Waals surface area contributed by atoms with Crippen LogP contribution in [0.3, 0.4) is 0 Å². The molecule has 0 amide bonds. The van der Waals surface area contributed by atoms with E-state index in [2.05, 4.69) is 49.7 Å². The first-order chi connectivity index (χ1) is 11.2. The lowest BCUT2D eigenvalue weighted by Gasteiger charge is -2.11. The molecule has 0 heterocycles. The van der Waals surface area contributed by atoms with E-state index in [0.717, 1.165) is 41.5 Å². The first-order valence-electron chi connectivity index (χ1n) is 8.34. The minimum Gasteiger partial charge on any atom is -0.383 e. The molecule has 1 atom stereocenters. The smallest absolute Gasteiger partial charge is 0.125 e. The van der Waals surface area contributed by atoms with Gasteiger partial charge < -0.3 is 5.73 Å². The number of benzene rings is 2. The Balaban J connectivity index is 2.16. The van der Waals surface area contributed by atoms with Gasteiger partial charge in [0, 0.05) is 5.56 Å². The molecule has 0 spiro atoms. The lowest BCUT2D eigenvalue weighted by molar-refractivity contribution is 0.589. The predicted molar refractivity (Wildman–Crippen MR) is 101 cm³/mol. The van der Waals surface area contributed by atoms with Crippen LogP contribution in [0, 0.1) is 0 Å². The Morgan fingerprint density at radius 1 is 0.957 bits per heavy atom. The second-order valence-electron chi connectivity index (χ2n) is 5.79. The Labute approximate surface area is 139 Å². The second-order valence-corrected chi connectivity index (χ2v) is 5.79. The highest BCUT2D eigenvalue weighted by atomic mass is 14.9. The van der Waals surface area contributed by atoms with Crippen molar-refractivity contribution < 1.29 is 0 Å². The average molecular weight is 306 g/mol. The third-order valence-corrected chi connectivity index (χ3v) is 4.07. The van der Waals surface area contributed by atoms with E-state index in [1.165, 1.54) is 0 Å². The molecule has 0 saturated carbocycles. The number of rotatable bonds is 7. The summed E-state index contributed by atoms with van der Waals surface area (Å²) in [6.45, 7) is 8.53. The first-order valence-corrected chi connectivity index (χ1v) is 8.34. The van der Waals surface area contributed by atoms with Gasteiger partial charge in [-0.3, -0.25) is 4.99 Å². The molecule has 0 bridgehead atoms. The van der Waals surface area contributed by atoms with Gasteiger partial charge in [0.2, 0.25) is 0 Å². The topological polar surface area (TPSA) is 38.4 Å². The third kappa shape index (κ3) is 4.56. The molecule has 2 heteroatoms. The van der Waals surface area contributed by atoms with Crippen LogP contribution in [0.25, 0.3) is 5.57 Å². The molecule has 120 valence electrons. The minimum absolute atomic E-state index is 0.318. The van der Waals surface area contributed by atoms with Crippen molar-refractivity contribution in [1.82, 2.24) is 0 Å². The van der Waals surface area contributed by atoms with Crippen molar-refractivity contribution in [2.45, 2.75) is 39.2 Å². The summed E-state index contributed by atoms with van der Waals surface area (Å²) in [5, 5.41) is 0. The molecule has 2 aromatic carbocycles. The highest BCUT2D eigenvalue weighted by Gasteiger charge is 2.07. The van der Waals surface area contributed by atoms with Crippen molar-refractivity contribution in [2.75, 3.05) is 0 Å². The van der Waals surface area contributed by atoms with Crippen LogP contribution in [0.4, 0.5) is 0 Å². The lowest BCUT2D eigenvalue weighted by atomic mass is 9.98. The molecule has 0 aliphatic carbocycles. The van der Waals surface area contributed by atoms with E-state index in [-0.39, 0.29) is 0 Å². The Bertz CT molecular complexity index is 654. The highest BCUT2D eigenvalue weighted by Crippen LogP contribution is 2.21. The van der Waals surface area contributed by atoms with Crippen molar-refractivity contribution in [1.29, 1.82) is 0 Å². The van der Waals surface area contributed by atoms with E-state index in [1.807, 2.05) is 30.3 Å². The summed E-state index contributed by atoms with van der Waals surface area (Å²) in [6.07, 6.45) is 3.24. The zero-order chi connectivity index (χ0) is 16.7. The maximum absolute atomic E-state index is 6.17. The van der Waals surface area contributed by atoms with Gasteiger partial charge in [0.15, 0.2) is 0 Å². The fraction of sp³-hybridized carbons (Fsp3) is 0.286. The monoisotopic (exact) mass is 306 g/mol. The van der Waals surface area contributed by atoms with E-state index in [1.54, 1.807) is 0 Å². The summed E-state index contributed by atoms with van der Waals surface area (Å²) in [6, 6.07) is 18.7. The van der Waals surface area contributed by atoms with E-state index in [4.69, 9.17) is 5.73 Å². The zero-order valence-corrected chi connectivity index (χ0v) is 14.1. The molecule has 2 nitrogen and oxygen atoms in total. The summed E-state index contributed by atoms with van der Waals surface area (Å²) < 4.78 is 0. The molecule has 0 aromatic heterocycles. The molecule has 0 fully saturated rings. The molecular weight excluding hydrogens is 280 g/mol. The Hall–Kier alpha value is -2.35. The maximum atomic E-state index is 6.17. The molecule has 23 heavy (non-hydrogen) atoms. The molecule has 0 aliphatic heterocycles. The second kappa shape index (κ2) is 8.33. The number of hydrogen-bond acceptors (Lipinski definition) is 1. The third-order valence-electron chi connectivity index (χ3n) is 4.07. The number of amidine groups is 1. The van der Waals surface area contributed by atoms with Crippen molar-refractivity contribution in [3.05, 3.63) is 77.9 Å². The standard InChI is InChI=1S/C21H26N2/c1-4-9-20(5-2)23-21(22)19-14-12-18(13-15-19)16(3)17-10-7-6-8-11-17/h6-8,10-15,20H,3-5,9H2,1-2H3,(H2,22,23). The number of nitrogens with two attached hydrogens (primary N) is 1. The van der Waals surface area contributed by atoms with Gasteiger partial charge in [-0.2, -0.15) is 0 Å². The van der Waals surface area contributed by atoms with Crippen LogP contribution >= 0.6 is 0 Å². The predicted octanol–water partition coefficient (Wildman–Crippen LogP) is 5.03. The number of aliphatic imine (C=N–C) groups is 1. The zero-order valence-electron chi connectivity index (χ0n) is 14.1. The molecule has 2 N–H and O–H groups in total. The average Bonchev–Trinajstić information content (AvgIpc) is 2.61. The van der Waals surface area contributed by atoms with Gasteiger partial charge >= 0.3 is 0 Å². The Morgan fingerprint density at radius 2 is 1.52 bits per heavy atom. The summed E-state index contributed by atoms with van der Waals surface area (Å²) in [5.41, 5.74) is 10.4. The molecule has 2 rings (SSSR count). The maximum Gasteiger partial charge on any atom is 0.125 e. The van der Waals surface area contributed by atoms with E-state index >= 15 is 0 Å². The molecule has 0 saturated heterocycles. The largest absolute Gasteiger partial charge is 0.383 e. The van der Waals surface area contributed by atoms with Crippen LogP contribution < -0.4 is 5.73 Å². The van der Waals surface area contributed by atoms with Crippen molar-refractivity contribution >= 4 is 11.4 Å². The minimum atomic E-state index is 0.318. The normalized spacial score (nSPS) is 12.9. The van der Waals surface area contributed by atoms with Crippen LogP contribution in [-0.4, -0.2) is 11.9 Å². The molecular formula is C21H26N2. The number of hydrogen-bond donors (Lipinski definition) is 1. The van der Waals surface area contributed by atoms with Crippen LogP contribution in [0.2, 0.25) is 0 Å². The summed E-state index contributed by atoms with van der Waals surface area (Å²) in [5.74, 6) is 0.627. The van der Waals surface area contributed by atoms with Crippen molar-refractivity contribution in [3.63, 3.8) is 0 Å².